The molecule has 0 aliphatic heterocycles. The second-order valence-corrected chi connectivity index (χ2v) is 5.75. The van der Waals surface area contributed by atoms with E-state index in [1.807, 2.05) is 18.4 Å². The molecular formula is C19H22N2O5. The smallest absolute Gasteiger partial charge is 0.308 e. The lowest BCUT2D eigenvalue weighted by molar-refractivity contribution is -0.142. The molecule has 0 saturated heterocycles. The van der Waals surface area contributed by atoms with E-state index in [1.54, 1.807) is 18.2 Å². The number of Topliss-reactive ketones (excluding diaryl/α,β-unsaturated/α-hetero) is 1. The molecule has 0 aliphatic carbocycles. The highest BCUT2D eigenvalue weighted by Gasteiger charge is 2.17. The lowest BCUT2D eigenvalue weighted by atomic mass is 10.1. The third-order valence-electron chi connectivity index (χ3n) is 3.91. The average Bonchev–Trinajstić information content (AvgIpc) is 3.24. The van der Waals surface area contributed by atoms with E-state index in [1.165, 1.54) is 12.3 Å². The maximum absolute atomic E-state index is 12.3. The molecule has 0 spiro atoms. The van der Waals surface area contributed by atoms with E-state index >= 15 is 0 Å². The Bertz CT molecular complexity index is 802. The molecule has 0 saturated carbocycles. The van der Waals surface area contributed by atoms with Crippen LogP contribution in [0.3, 0.4) is 0 Å². The highest BCUT2D eigenvalue weighted by molar-refractivity contribution is 5.99. The van der Waals surface area contributed by atoms with Gasteiger partial charge in [-0.1, -0.05) is 6.08 Å². The van der Waals surface area contributed by atoms with Crippen LogP contribution in [-0.2, 0) is 16.1 Å². The molecule has 7 nitrogen and oxygen atoms in total. The molecule has 2 rings (SSSR count). The fourth-order valence-electron chi connectivity index (χ4n) is 2.56. The number of hydrogen-bond acceptors (Lipinski definition) is 5. The summed E-state index contributed by atoms with van der Waals surface area (Å²) in [5.74, 6) is -1.06. The van der Waals surface area contributed by atoms with Gasteiger partial charge in [0.15, 0.2) is 12.4 Å². The van der Waals surface area contributed by atoms with Crippen LogP contribution in [0.15, 0.2) is 41.5 Å². The Morgan fingerprint density at radius 3 is 2.77 bits per heavy atom. The van der Waals surface area contributed by atoms with E-state index in [0.29, 0.717) is 12.1 Å². The molecule has 7 heteroatoms. The molecule has 0 bridgehead atoms. The van der Waals surface area contributed by atoms with Crippen LogP contribution < -0.4 is 5.32 Å². The second-order valence-electron chi connectivity index (χ2n) is 5.75. The monoisotopic (exact) mass is 358 g/mol. The molecule has 0 fully saturated rings. The number of rotatable bonds is 9. The minimum atomic E-state index is -0.557. The number of furan rings is 1. The minimum Gasteiger partial charge on any atom is -0.459 e. The van der Waals surface area contributed by atoms with E-state index < -0.39 is 11.9 Å². The van der Waals surface area contributed by atoms with Crippen LogP contribution in [0.2, 0.25) is 0 Å². The predicted molar refractivity (Wildman–Crippen MR) is 95.1 cm³/mol. The van der Waals surface area contributed by atoms with Gasteiger partial charge in [-0.2, -0.15) is 0 Å². The summed E-state index contributed by atoms with van der Waals surface area (Å²) in [5, 5.41) is 2.54. The number of amides is 1. The van der Waals surface area contributed by atoms with Crippen LogP contribution in [-0.4, -0.2) is 35.4 Å². The van der Waals surface area contributed by atoms with Crippen LogP contribution in [0.4, 0.5) is 0 Å². The summed E-state index contributed by atoms with van der Waals surface area (Å²) < 4.78 is 11.9. The van der Waals surface area contributed by atoms with Crippen LogP contribution >= 0.6 is 0 Å². The van der Waals surface area contributed by atoms with Crippen LogP contribution in [0.25, 0.3) is 0 Å². The Hall–Kier alpha value is -3.09. The van der Waals surface area contributed by atoms with E-state index in [2.05, 4.69) is 11.9 Å². The summed E-state index contributed by atoms with van der Waals surface area (Å²) in [4.78, 5) is 35.7. The van der Waals surface area contributed by atoms with Gasteiger partial charge in [0.2, 0.25) is 5.78 Å². The first-order valence-corrected chi connectivity index (χ1v) is 8.22. The van der Waals surface area contributed by atoms with Crippen molar-refractivity contribution in [1.82, 2.24) is 9.88 Å². The zero-order valence-electron chi connectivity index (χ0n) is 14.9. The number of nitrogens with one attached hydrogen (secondary N) is 1. The topological polar surface area (TPSA) is 90.5 Å². The van der Waals surface area contributed by atoms with Gasteiger partial charge in [-0.15, -0.1) is 6.58 Å². The number of carbonyl (C=O) groups excluding carboxylic acids is 3. The van der Waals surface area contributed by atoms with Gasteiger partial charge < -0.3 is 19.0 Å². The van der Waals surface area contributed by atoms with E-state index in [0.717, 1.165) is 11.4 Å². The van der Waals surface area contributed by atoms with E-state index in [-0.39, 0.29) is 31.1 Å². The van der Waals surface area contributed by atoms with Crippen molar-refractivity contribution in [2.75, 3.05) is 13.2 Å². The SMILES string of the molecule is C=CCn1c(C)cc(C(=O)COC(=O)CCNC(=O)c2ccco2)c1C. The summed E-state index contributed by atoms with van der Waals surface area (Å²) >= 11 is 0. The number of esters is 1. The highest BCUT2D eigenvalue weighted by Crippen LogP contribution is 2.16. The molecule has 138 valence electrons. The zero-order chi connectivity index (χ0) is 19.1. The van der Waals surface area contributed by atoms with Gasteiger partial charge in [-0.05, 0) is 32.0 Å². The summed E-state index contributed by atoms with van der Waals surface area (Å²) in [6.07, 6.45) is 3.11. The molecule has 1 N–H and O–H groups in total. The van der Waals surface area contributed by atoms with Gasteiger partial charge in [0.25, 0.3) is 5.91 Å². The third-order valence-corrected chi connectivity index (χ3v) is 3.91. The fourth-order valence-corrected chi connectivity index (χ4v) is 2.56. The van der Waals surface area contributed by atoms with Crippen LogP contribution in [0, 0.1) is 13.8 Å². The Kier molecular flexibility index (Phi) is 6.54. The van der Waals surface area contributed by atoms with Gasteiger partial charge in [0.05, 0.1) is 12.7 Å². The van der Waals surface area contributed by atoms with Crippen molar-refractivity contribution in [3.05, 3.63) is 59.8 Å². The molecule has 1 amide bonds. The van der Waals surface area contributed by atoms with Crippen molar-refractivity contribution in [1.29, 1.82) is 0 Å². The minimum absolute atomic E-state index is 0.0325. The predicted octanol–water partition coefficient (Wildman–Crippen LogP) is 2.43. The average molecular weight is 358 g/mol. The maximum Gasteiger partial charge on any atom is 0.308 e. The summed E-state index contributed by atoms with van der Waals surface area (Å²) in [6, 6.07) is 4.90. The first kappa shape index (κ1) is 19.2. The van der Waals surface area contributed by atoms with Crippen molar-refractivity contribution in [3.63, 3.8) is 0 Å². The number of aromatic nitrogens is 1. The Morgan fingerprint density at radius 2 is 2.12 bits per heavy atom. The number of aryl methyl sites for hydroxylation is 1. The van der Waals surface area contributed by atoms with Crippen molar-refractivity contribution < 1.29 is 23.5 Å². The van der Waals surface area contributed by atoms with Gasteiger partial charge in [0, 0.05) is 30.0 Å². The fraction of sp³-hybridized carbons (Fsp3) is 0.316. The molecular weight excluding hydrogens is 336 g/mol. The van der Waals surface area contributed by atoms with Gasteiger partial charge in [-0.25, -0.2) is 0 Å². The van der Waals surface area contributed by atoms with Gasteiger partial charge >= 0.3 is 5.97 Å². The number of carbonyl (C=O) groups is 3. The van der Waals surface area contributed by atoms with Crippen LogP contribution in [0.1, 0.15) is 38.7 Å². The third kappa shape index (κ3) is 4.72. The molecule has 0 unspecified atom stereocenters. The van der Waals surface area contributed by atoms with Crippen molar-refractivity contribution in [3.8, 4) is 0 Å². The summed E-state index contributed by atoms with van der Waals surface area (Å²) in [6.45, 7) is 7.82. The van der Waals surface area contributed by atoms with Crippen LogP contribution in [0.5, 0.6) is 0 Å². The first-order valence-electron chi connectivity index (χ1n) is 8.22. The number of nitrogens with zero attached hydrogens (tertiary/aromatic N) is 1. The molecule has 2 heterocycles. The lowest BCUT2D eigenvalue weighted by Crippen LogP contribution is -2.26. The van der Waals surface area contributed by atoms with Crippen molar-refractivity contribution >= 4 is 17.7 Å². The molecule has 2 aromatic rings. The number of allylic oxidation sites excluding steroid dienone is 1. The Morgan fingerprint density at radius 1 is 1.35 bits per heavy atom. The lowest BCUT2D eigenvalue weighted by Gasteiger charge is -2.07. The molecule has 0 aliphatic rings. The Balaban J connectivity index is 1.78. The number of ketones is 1. The molecule has 26 heavy (non-hydrogen) atoms. The molecule has 0 atom stereocenters. The van der Waals surface area contributed by atoms with Gasteiger partial charge in [-0.3, -0.25) is 14.4 Å². The first-order chi connectivity index (χ1) is 12.4. The van der Waals surface area contributed by atoms with Crippen molar-refractivity contribution in [2.45, 2.75) is 26.8 Å². The number of ether oxygens (including phenoxy) is 1. The maximum atomic E-state index is 12.3. The Labute approximate surface area is 151 Å². The molecule has 2 aromatic heterocycles. The quantitative estimate of drug-likeness (QED) is 0.422. The highest BCUT2D eigenvalue weighted by atomic mass is 16.5. The summed E-state index contributed by atoms with van der Waals surface area (Å²) in [7, 11) is 0. The largest absolute Gasteiger partial charge is 0.459 e. The van der Waals surface area contributed by atoms with E-state index in [4.69, 9.17) is 9.15 Å². The zero-order valence-corrected chi connectivity index (χ0v) is 14.9. The van der Waals surface area contributed by atoms with Gasteiger partial charge in [0.1, 0.15) is 0 Å². The van der Waals surface area contributed by atoms with Crippen molar-refractivity contribution in [2.24, 2.45) is 0 Å². The van der Waals surface area contributed by atoms with E-state index in [9.17, 15) is 14.4 Å². The second kappa shape index (κ2) is 8.84. The molecule has 0 radical (unpaired) electrons. The number of hydrogen-bond donors (Lipinski definition) is 1. The molecule has 0 aromatic carbocycles. The standard InChI is InChI=1S/C19H22N2O5/c1-4-9-21-13(2)11-15(14(21)3)16(22)12-26-18(23)7-8-20-19(24)17-6-5-10-25-17/h4-6,10-11H,1,7-9,12H2,2-3H3,(H,20,24). The summed E-state index contributed by atoms with van der Waals surface area (Å²) in [5.41, 5.74) is 2.29. The normalized spacial score (nSPS) is 10.4.